The van der Waals surface area contributed by atoms with Crippen molar-refractivity contribution in [3.05, 3.63) is 11.0 Å². The molecule has 0 unspecified atom stereocenters. The highest BCUT2D eigenvalue weighted by atomic mass is 35.5. The first-order valence-corrected chi connectivity index (χ1v) is 7.12. The first kappa shape index (κ1) is 13.6. The minimum absolute atomic E-state index is 0.0848. The first-order valence-electron chi connectivity index (χ1n) is 6.74. The van der Waals surface area contributed by atoms with Gasteiger partial charge in [-0.25, -0.2) is 4.98 Å². The molecule has 0 bridgehead atoms. The number of carbonyl (C=O) groups excluding carboxylic acids is 1. The van der Waals surface area contributed by atoms with E-state index in [1.807, 2.05) is 0 Å². The molecule has 0 aliphatic carbocycles. The van der Waals surface area contributed by atoms with Crippen LogP contribution >= 0.6 is 11.6 Å². The molecule has 1 spiro atoms. The fourth-order valence-electron chi connectivity index (χ4n) is 2.59. The molecule has 0 saturated carbocycles. The van der Waals surface area contributed by atoms with Gasteiger partial charge in [0.1, 0.15) is 11.2 Å². The zero-order valence-electron chi connectivity index (χ0n) is 11.5. The average Bonchev–Trinajstić information content (AvgIpc) is 2.80. The van der Waals surface area contributed by atoms with Crippen LogP contribution in [0.3, 0.4) is 0 Å². The maximum Gasteiger partial charge on any atom is 0.252 e. The van der Waals surface area contributed by atoms with Crippen molar-refractivity contribution in [1.29, 1.82) is 0 Å². The zero-order valence-corrected chi connectivity index (χ0v) is 12.3. The lowest BCUT2D eigenvalue weighted by atomic mass is 9.94. The molecule has 1 aromatic heterocycles. The summed E-state index contributed by atoms with van der Waals surface area (Å²) in [5.41, 5.74) is 0.690. The third kappa shape index (κ3) is 2.23. The van der Waals surface area contributed by atoms with E-state index in [1.165, 1.54) is 0 Å². The smallest absolute Gasteiger partial charge is 0.252 e. The monoisotopic (exact) mass is 296 g/mol. The second-order valence-electron chi connectivity index (χ2n) is 5.72. The topological polar surface area (TPSA) is 76.1 Å². The van der Waals surface area contributed by atoms with Gasteiger partial charge in [0, 0.05) is 13.0 Å². The normalized spacial score (nSPS) is 24.7. The van der Waals surface area contributed by atoms with Crippen molar-refractivity contribution in [2.24, 2.45) is 5.92 Å². The Morgan fingerprint density at radius 1 is 1.45 bits per heavy atom. The Kier molecular flexibility index (Phi) is 3.30. The highest BCUT2D eigenvalue weighted by Gasteiger charge is 2.46. The fourth-order valence-corrected chi connectivity index (χ4v) is 2.78. The predicted octanol–water partition coefficient (Wildman–Crippen LogP) is 1.85. The van der Waals surface area contributed by atoms with Crippen LogP contribution in [-0.4, -0.2) is 34.6 Å². The van der Waals surface area contributed by atoms with Gasteiger partial charge in [0.05, 0.1) is 12.3 Å². The fraction of sp³-hybridized carbons (Fsp3) is 0.615. The predicted molar refractivity (Wildman–Crippen MR) is 76.0 cm³/mol. The van der Waals surface area contributed by atoms with Crippen molar-refractivity contribution < 1.29 is 9.53 Å². The Morgan fingerprint density at radius 2 is 2.25 bits per heavy atom. The maximum atomic E-state index is 12.4. The summed E-state index contributed by atoms with van der Waals surface area (Å²) >= 11 is 5.99. The summed E-state index contributed by atoms with van der Waals surface area (Å²) < 4.78 is 5.35. The molecule has 1 aromatic rings. The van der Waals surface area contributed by atoms with Gasteiger partial charge in [-0.05, 0) is 23.9 Å². The van der Waals surface area contributed by atoms with Crippen LogP contribution in [0.5, 0.6) is 0 Å². The van der Waals surface area contributed by atoms with Gasteiger partial charge in [-0.1, -0.05) is 13.8 Å². The van der Waals surface area contributed by atoms with E-state index < -0.39 is 5.54 Å². The van der Waals surface area contributed by atoms with Crippen LogP contribution in [0, 0.1) is 5.92 Å². The molecule has 2 N–H and O–H groups in total. The van der Waals surface area contributed by atoms with Crippen LogP contribution in [0.2, 0.25) is 5.28 Å². The number of ether oxygens (including phenoxy) is 1. The minimum Gasteiger partial charge on any atom is -0.378 e. The Balaban J connectivity index is 2.01. The minimum atomic E-state index is -0.722. The molecule has 1 fully saturated rings. The van der Waals surface area contributed by atoms with Crippen molar-refractivity contribution in [3.63, 3.8) is 0 Å². The van der Waals surface area contributed by atoms with E-state index in [0.29, 0.717) is 37.1 Å². The molecule has 3 rings (SSSR count). The van der Waals surface area contributed by atoms with Crippen molar-refractivity contribution in [2.45, 2.75) is 32.2 Å². The number of carbonyl (C=O) groups is 1. The van der Waals surface area contributed by atoms with Gasteiger partial charge in [0.2, 0.25) is 5.28 Å². The molecule has 2 aliphatic heterocycles. The van der Waals surface area contributed by atoms with Crippen LogP contribution in [0.4, 0.5) is 11.5 Å². The summed E-state index contributed by atoms with van der Waals surface area (Å²) in [6, 6.07) is 0. The summed E-state index contributed by atoms with van der Waals surface area (Å²) in [4.78, 5) is 20.8. The Morgan fingerprint density at radius 3 is 2.90 bits per heavy atom. The first-order chi connectivity index (χ1) is 9.50. The summed E-state index contributed by atoms with van der Waals surface area (Å²) in [5, 5.41) is 6.32. The molecule has 0 radical (unpaired) electrons. The molecule has 7 heteroatoms. The third-order valence-corrected chi connectivity index (χ3v) is 3.78. The number of amides is 1. The number of aromatic nitrogens is 2. The van der Waals surface area contributed by atoms with E-state index in [4.69, 9.17) is 16.3 Å². The van der Waals surface area contributed by atoms with E-state index in [9.17, 15) is 4.79 Å². The second kappa shape index (κ2) is 4.86. The van der Waals surface area contributed by atoms with Crippen LogP contribution in [0.15, 0.2) is 0 Å². The quantitative estimate of drug-likeness (QED) is 0.815. The van der Waals surface area contributed by atoms with E-state index in [0.717, 1.165) is 12.1 Å². The Bertz CT molecular complexity index is 556. The van der Waals surface area contributed by atoms with Crippen LogP contribution in [-0.2, 0) is 16.0 Å². The van der Waals surface area contributed by atoms with Gasteiger partial charge < -0.3 is 15.4 Å². The molecule has 2 aliphatic rings. The van der Waals surface area contributed by atoms with E-state index in [-0.39, 0.29) is 11.2 Å². The summed E-state index contributed by atoms with van der Waals surface area (Å²) in [7, 11) is 0. The molecule has 0 aromatic carbocycles. The SMILES string of the molecule is CC(C)Cc1nc(Cl)nc2c1NC(=O)[C@@]1(CCOC1)N2. The number of nitrogens with one attached hydrogen (secondary N) is 2. The largest absolute Gasteiger partial charge is 0.378 e. The van der Waals surface area contributed by atoms with E-state index >= 15 is 0 Å². The van der Waals surface area contributed by atoms with Crippen LogP contribution in [0.25, 0.3) is 0 Å². The summed E-state index contributed by atoms with van der Waals surface area (Å²) in [6.07, 6.45) is 1.36. The van der Waals surface area contributed by atoms with Gasteiger partial charge >= 0.3 is 0 Å². The number of hydrogen-bond donors (Lipinski definition) is 2. The van der Waals surface area contributed by atoms with Gasteiger partial charge in [-0.3, -0.25) is 4.79 Å². The molecule has 1 saturated heterocycles. The summed E-state index contributed by atoms with van der Waals surface area (Å²) in [5.74, 6) is 0.914. The number of anilines is 2. The lowest BCUT2D eigenvalue weighted by molar-refractivity contribution is -0.120. The maximum absolute atomic E-state index is 12.4. The number of hydrogen-bond acceptors (Lipinski definition) is 5. The lowest BCUT2D eigenvalue weighted by Gasteiger charge is -2.34. The lowest BCUT2D eigenvalue weighted by Crippen LogP contribution is -2.53. The van der Waals surface area contributed by atoms with E-state index in [1.54, 1.807) is 0 Å². The van der Waals surface area contributed by atoms with Crippen molar-refractivity contribution in [2.75, 3.05) is 23.8 Å². The van der Waals surface area contributed by atoms with E-state index in [2.05, 4.69) is 34.4 Å². The molecular formula is C13H17ClN4O2. The molecule has 20 heavy (non-hydrogen) atoms. The number of fused-ring (bicyclic) bond motifs is 1. The highest BCUT2D eigenvalue weighted by molar-refractivity contribution is 6.28. The highest BCUT2D eigenvalue weighted by Crippen LogP contribution is 2.36. The zero-order chi connectivity index (χ0) is 14.3. The van der Waals surface area contributed by atoms with Crippen LogP contribution in [0.1, 0.15) is 26.0 Å². The standard InChI is InChI=1S/C13H17ClN4O2/c1-7(2)5-8-9-10(17-12(14)15-8)18-13(11(19)16-9)3-4-20-6-13/h7H,3-6H2,1-2H3,(H,16,19)(H,15,17,18)/t13-/m0/s1. The van der Waals surface area contributed by atoms with Gasteiger partial charge in [-0.2, -0.15) is 4.98 Å². The van der Waals surface area contributed by atoms with Crippen LogP contribution < -0.4 is 10.6 Å². The van der Waals surface area contributed by atoms with Gasteiger partial charge in [0.25, 0.3) is 5.91 Å². The average molecular weight is 297 g/mol. The Labute approximate surface area is 122 Å². The number of rotatable bonds is 2. The third-order valence-electron chi connectivity index (χ3n) is 3.61. The summed E-state index contributed by atoms with van der Waals surface area (Å²) in [6.45, 7) is 5.09. The molecule has 1 atom stereocenters. The number of nitrogens with zero attached hydrogens (tertiary/aromatic N) is 2. The van der Waals surface area contributed by atoms with Gasteiger partial charge in [-0.15, -0.1) is 0 Å². The molecule has 3 heterocycles. The molecule has 6 nitrogen and oxygen atoms in total. The Hall–Kier alpha value is -1.40. The van der Waals surface area contributed by atoms with Crippen molar-refractivity contribution in [3.8, 4) is 0 Å². The van der Waals surface area contributed by atoms with Crippen molar-refractivity contribution >= 4 is 29.0 Å². The second-order valence-corrected chi connectivity index (χ2v) is 6.06. The number of halogens is 1. The van der Waals surface area contributed by atoms with Gasteiger partial charge in [0.15, 0.2) is 5.82 Å². The molecule has 108 valence electrons. The molecular weight excluding hydrogens is 280 g/mol. The van der Waals surface area contributed by atoms with Crippen molar-refractivity contribution in [1.82, 2.24) is 9.97 Å². The molecule has 1 amide bonds.